The minimum atomic E-state index is -4.34. The second-order valence-corrected chi connectivity index (χ2v) is 7.38. The van der Waals surface area contributed by atoms with Crippen molar-refractivity contribution in [1.82, 2.24) is 5.32 Å². The monoisotopic (exact) mass is 419 g/mol. The van der Waals surface area contributed by atoms with E-state index < -0.39 is 11.7 Å². The number of alkyl halides is 3. The number of carbonyl (C=O) groups excluding carboxylic acids is 2. The number of esters is 1. The van der Waals surface area contributed by atoms with Crippen LogP contribution >= 0.6 is 0 Å². The first-order valence-corrected chi connectivity index (χ1v) is 9.61. The lowest BCUT2D eigenvalue weighted by molar-refractivity contribution is -0.137. The van der Waals surface area contributed by atoms with E-state index in [4.69, 9.17) is 4.74 Å². The van der Waals surface area contributed by atoms with Crippen LogP contribution < -0.4 is 20.3 Å². The second-order valence-electron chi connectivity index (χ2n) is 7.38. The van der Waals surface area contributed by atoms with E-state index in [1.807, 2.05) is 4.90 Å². The minimum Gasteiger partial charge on any atom is -0.426 e. The van der Waals surface area contributed by atoms with Gasteiger partial charge in [0.25, 0.3) is 0 Å². The first kappa shape index (κ1) is 20.1. The molecule has 0 aliphatic carbocycles. The Bertz CT molecular complexity index is 952. The van der Waals surface area contributed by atoms with Crippen molar-refractivity contribution < 1.29 is 27.5 Å². The number of fused-ring (bicyclic) bond motifs is 1. The summed E-state index contributed by atoms with van der Waals surface area (Å²) in [5, 5.41) is 5.65. The van der Waals surface area contributed by atoms with Crippen LogP contribution in [0.4, 0.5) is 29.3 Å². The molecule has 2 amide bonds. The van der Waals surface area contributed by atoms with Crippen molar-refractivity contribution in [3.8, 4) is 5.75 Å². The number of piperidine rings is 1. The number of anilines is 2. The van der Waals surface area contributed by atoms with Crippen LogP contribution in [0.1, 0.15) is 24.0 Å². The highest BCUT2D eigenvalue weighted by molar-refractivity contribution is 5.90. The third-order valence-corrected chi connectivity index (χ3v) is 5.27. The average molecular weight is 419 g/mol. The van der Waals surface area contributed by atoms with Gasteiger partial charge in [0.1, 0.15) is 5.75 Å². The van der Waals surface area contributed by atoms with E-state index in [0.29, 0.717) is 37.4 Å². The van der Waals surface area contributed by atoms with Crippen LogP contribution in [-0.2, 0) is 17.4 Å². The maximum atomic E-state index is 12.7. The van der Waals surface area contributed by atoms with Gasteiger partial charge in [-0.3, -0.25) is 4.79 Å². The van der Waals surface area contributed by atoms with Crippen molar-refractivity contribution in [1.29, 1.82) is 0 Å². The molecule has 0 aromatic heterocycles. The fraction of sp³-hybridized carbons (Fsp3) is 0.333. The molecule has 2 aliphatic heterocycles. The maximum Gasteiger partial charge on any atom is 0.416 e. The molecule has 0 saturated carbocycles. The Morgan fingerprint density at radius 3 is 2.43 bits per heavy atom. The molecule has 0 bridgehead atoms. The average Bonchev–Trinajstić information content (AvgIpc) is 3.07. The summed E-state index contributed by atoms with van der Waals surface area (Å²) < 4.78 is 43.2. The van der Waals surface area contributed by atoms with Crippen LogP contribution in [0.5, 0.6) is 5.75 Å². The van der Waals surface area contributed by atoms with Crippen molar-refractivity contribution in [2.75, 3.05) is 23.3 Å². The molecule has 1 saturated heterocycles. The lowest BCUT2D eigenvalue weighted by Crippen LogP contribution is -2.46. The number of ether oxygens (including phenoxy) is 1. The standard InChI is InChI=1S/C21H20F3N3O3/c22-21(23,24)14-2-5-17(6-3-14)27-9-7-15(8-10-27)25-20(29)26-16-4-1-13-11-19(28)30-18(13)12-16/h1-6,12,15H,7-11H2,(H2,25,26,29). The number of nitrogens with zero attached hydrogens (tertiary/aromatic N) is 1. The molecule has 4 rings (SSSR count). The largest absolute Gasteiger partial charge is 0.426 e. The van der Waals surface area contributed by atoms with Gasteiger partial charge in [0, 0.05) is 42.1 Å². The molecular weight excluding hydrogens is 399 g/mol. The molecule has 0 radical (unpaired) electrons. The van der Waals surface area contributed by atoms with E-state index in [1.165, 1.54) is 12.1 Å². The molecule has 6 nitrogen and oxygen atoms in total. The first-order valence-electron chi connectivity index (χ1n) is 9.61. The molecule has 2 aromatic rings. The zero-order chi connectivity index (χ0) is 21.3. The molecular formula is C21H20F3N3O3. The Hall–Kier alpha value is -3.23. The van der Waals surface area contributed by atoms with Crippen molar-refractivity contribution in [2.45, 2.75) is 31.5 Å². The molecule has 2 aliphatic rings. The number of benzene rings is 2. The number of urea groups is 1. The lowest BCUT2D eigenvalue weighted by Gasteiger charge is -2.34. The molecule has 158 valence electrons. The number of hydrogen-bond donors (Lipinski definition) is 2. The van der Waals surface area contributed by atoms with Crippen LogP contribution in [0, 0.1) is 0 Å². The fourth-order valence-corrected chi connectivity index (χ4v) is 3.68. The fourth-order valence-electron chi connectivity index (χ4n) is 3.68. The van der Waals surface area contributed by atoms with Crippen molar-refractivity contribution in [2.24, 2.45) is 0 Å². The smallest absolute Gasteiger partial charge is 0.416 e. The molecule has 0 unspecified atom stereocenters. The van der Waals surface area contributed by atoms with Gasteiger partial charge in [-0.1, -0.05) is 6.07 Å². The third kappa shape index (κ3) is 4.50. The third-order valence-electron chi connectivity index (χ3n) is 5.27. The van der Waals surface area contributed by atoms with E-state index in [2.05, 4.69) is 10.6 Å². The van der Waals surface area contributed by atoms with Gasteiger partial charge in [-0.15, -0.1) is 0 Å². The Balaban J connectivity index is 1.27. The number of amides is 2. The zero-order valence-corrected chi connectivity index (χ0v) is 16.0. The SMILES string of the molecule is O=C(Nc1ccc2c(c1)OC(=O)C2)NC1CCN(c2ccc(C(F)(F)F)cc2)CC1. The zero-order valence-electron chi connectivity index (χ0n) is 16.0. The lowest BCUT2D eigenvalue weighted by atomic mass is 10.0. The van der Waals surface area contributed by atoms with Crippen LogP contribution in [0.2, 0.25) is 0 Å². The molecule has 30 heavy (non-hydrogen) atoms. The summed E-state index contributed by atoms with van der Waals surface area (Å²) in [6.45, 7) is 1.26. The summed E-state index contributed by atoms with van der Waals surface area (Å²) in [6, 6.07) is 9.81. The van der Waals surface area contributed by atoms with Crippen LogP contribution in [0.3, 0.4) is 0 Å². The predicted molar refractivity (Wildman–Crippen MR) is 105 cm³/mol. The summed E-state index contributed by atoms with van der Waals surface area (Å²) in [6.07, 6.45) is -2.75. The Morgan fingerprint density at radius 2 is 1.77 bits per heavy atom. The van der Waals surface area contributed by atoms with E-state index in [1.54, 1.807) is 18.2 Å². The summed E-state index contributed by atoms with van der Waals surface area (Å²) in [4.78, 5) is 25.6. The molecule has 0 spiro atoms. The Labute approximate surface area is 171 Å². The van der Waals surface area contributed by atoms with Gasteiger partial charge < -0.3 is 20.3 Å². The van der Waals surface area contributed by atoms with E-state index in [-0.39, 0.29) is 24.5 Å². The Kier molecular flexibility index (Phi) is 5.27. The number of halogens is 3. The van der Waals surface area contributed by atoms with E-state index in [0.717, 1.165) is 23.4 Å². The summed E-state index contributed by atoms with van der Waals surface area (Å²) in [5.74, 6) is 0.147. The van der Waals surface area contributed by atoms with Crippen LogP contribution in [0.25, 0.3) is 0 Å². The van der Waals surface area contributed by atoms with Crippen LogP contribution in [-0.4, -0.2) is 31.1 Å². The number of carbonyl (C=O) groups is 2. The highest BCUT2D eigenvalue weighted by Gasteiger charge is 2.30. The van der Waals surface area contributed by atoms with Gasteiger partial charge in [0.15, 0.2) is 0 Å². The summed E-state index contributed by atoms with van der Waals surface area (Å²) >= 11 is 0. The van der Waals surface area contributed by atoms with Crippen LogP contribution in [0.15, 0.2) is 42.5 Å². The molecule has 1 fully saturated rings. The normalized spacial score (nSPS) is 16.8. The summed E-state index contributed by atoms with van der Waals surface area (Å²) in [7, 11) is 0. The minimum absolute atomic E-state index is 0.0389. The van der Waals surface area contributed by atoms with Crippen molar-refractivity contribution in [3.05, 3.63) is 53.6 Å². The van der Waals surface area contributed by atoms with Crippen molar-refractivity contribution in [3.63, 3.8) is 0 Å². The predicted octanol–water partition coefficient (Wildman–Crippen LogP) is 3.96. The second kappa shape index (κ2) is 7.89. The molecule has 2 N–H and O–H groups in total. The van der Waals surface area contributed by atoms with Gasteiger partial charge in [0.05, 0.1) is 12.0 Å². The quantitative estimate of drug-likeness (QED) is 0.584. The van der Waals surface area contributed by atoms with Gasteiger partial charge in [-0.25, -0.2) is 4.79 Å². The van der Waals surface area contributed by atoms with E-state index in [9.17, 15) is 22.8 Å². The van der Waals surface area contributed by atoms with Gasteiger partial charge in [-0.05, 0) is 43.2 Å². The maximum absolute atomic E-state index is 12.7. The molecule has 2 heterocycles. The topological polar surface area (TPSA) is 70.7 Å². The molecule has 9 heteroatoms. The van der Waals surface area contributed by atoms with Gasteiger partial charge in [0.2, 0.25) is 0 Å². The highest BCUT2D eigenvalue weighted by Crippen LogP contribution is 2.31. The number of rotatable bonds is 3. The van der Waals surface area contributed by atoms with Crippen molar-refractivity contribution >= 4 is 23.4 Å². The van der Waals surface area contributed by atoms with Gasteiger partial charge >= 0.3 is 18.2 Å². The number of hydrogen-bond acceptors (Lipinski definition) is 4. The summed E-state index contributed by atoms with van der Waals surface area (Å²) in [5.41, 5.74) is 1.39. The molecule has 2 aromatic carbocycles. The Morgan fingerprint density at radius 1 is 1.07 bits per heavy atom. The first-order chi connectivity index (χ1) is 14.3. The van der Waals surface area contributed by atoms with Gasteiger partial charge in [-0.2, -0.15) is 13.2 Å². The number of nitrogens with one attached hydrogen (secondary N) is 2. The molecule has 0 atom stereocenters. The van der Waals surface area contributed by atoms with E-state index >= 15 is 0 Å². The highest BCUT2D eigenvalue weighted by atomic mass is 19.4.